The largest absolute Gasteiger partial charge is 0.573 e. The summed E-state index contributed by atoms with van der Waals surface area (Å²) in [7, 11) is 0. The average Bonchev–Trinajstić information content (AvgIpc) is 2.73. The van der Waals surface area contributed by atoms with E-state index in [1.54, 1.807) is 0 Å². The zero-order valence-corrected chi connectivity index (χ0v) is 16.8. The molecule has 32 heavy (non-hydrogen) atoms. The Bertz CT molecular complexity index is 1140. The highest BCUT2D eigenvalue weighted by Crippen LogP contribution is 2.29. The lowest BCUT2D eigenvalue weighted by Gasteiger charge is -2.15. The van der Waals surface area contributed by atoms with Gasteiger partial charge in [-0.2, -0.15) is 0 Å². The predicted octanol–water partition coefficient (Wildman–Crippen LogP) is 5.50. The van der Waals surface area contributed by atoms with Crippen LogP contribution in [0.5, 0.6) is 5.75 Å². The number of nitrogens with one attached hydrogen (secondary N) is 1. The number of alkyl halides is 3. The number of halogens is 4. The van der Waals surface area contributed by atoms with Gasteiger partial charge in [0.15, 0.2) is 0 Å². The molecular formula is C22H18F4N2O4. The van der Waals surface area contributed by atoms with Crippen LogP contribution in [0, 0.1) is 5.82 Å². The molecule has 0 bridgehead atoms. The molecule has 0 aliphatic carbocycles. The van der Waals surface area contributed by atoms with Crippen LogP contribution in [0.25, 0.3) is 16.8 Å². The normalized spacial score (nSPS) is 11.2. The third-order valence-electron chi connectivity index (χ3n) is 4.23. The van der Waals surface area contributed by atoms with Crippen molar-refractivity contribution in [3.05, 3.63) is 77.0 Å². The van der Waals surface area contributed by atoms with Crippen LogP contribution in [-0.4, -0.2) is 23.6 Å². The van der Waals surface area contributed by atoms with E-state index in [2.05, 4.69) is 10.1 Å². The first-order valence-electron chi connectivity index (χ1n) is 9.49. The van der Waals surface area contributed by atoms with Crippen LogP contribution in [0.4, 0.5) is 28.0 Å². The minimum atomic E-state index is -4.84. The SMILES string of the molecule is CCCOC(=O)Nc1cc(=O)n(-c2ccc(OC(F)(F)F)cc2)cc1-c1ccc(F)cc1. The highest BCUT2D eigenvalue weighted by atomic mass is 19.4. The van der Waals surface area contributed by atoms with E-state index < -0.39 is 29.6 Å². The topological polar surface area (TPSA) is 69.6 Å². The van der Waals surface area contributed by atoms with E-state index >= 15 is 0 Å². The number of hydrogen-bond donors (Lipinski definition) is 1. The summed E-state index contributed by atoms with van der Waals surface area (Å²) in [5.74, 6) is -0.913. The van der Waals surface area contributed by atoms with E-state index in [0.29, 0.717) is 17.5 Å². The van der Waals surface area contributed by atoms with Crippen molar-refractivity contribution in [3.8, 4) is 22.6 Å². The Morgan fingerprint density at radius 1 is 1.06 bits per heavy atom. The fourth-order valence-corrected chi connectivity index (χ4v) is 2.85. The second-order valence-corrected chi connectivity index (χ2v) is 6.62. The summed E-state index contributed by atoms with van der Waals surface area (Å²) in [6.45, 7) is 2.00. The summed E-state index contributed by atoms with van der Waals surface area (Å²) in [4.78, 5) is 24.7. The number of pyridine rings is 1. The Kier molecular flexibility index (Phi) is 6.82. The van der Waals surface area contributed by atoms with Crippen molar-refractivity contribution in [3.63, 3.8) is 0 Å². The van der Waals surface area contributed by atoms with Gasteiger partial charge in [-0.25, -0.2) is 9.18 Å². The summed E-state index contributed by atoms with van der Waals surface area (Å²) in [6, 6.07) is 11.2. The maximum absolute atomic E-state index is 13.4. The third kappa shape index (κ3) is 5.87. The van der Waals surface area contributed by atoms with Gasteiger partial charge < -0.3 is 9.47 Å². The summed E-state index contributed by atoms with van der Waals surface area (Å²) in [5.41, 5.74) is 0.687. The molecule has 0 aliphatic rings. The van der Waals surface area contributed by atoms with E-state index in [-0.39, 0.29) is 18.0 Å². The monoisotopic (exact) mass is 450 g/mol. The maximum Gasteiger partial charge on any atom is 0.573 e. The number of ether oxygens (including phenoxy) is 2. The Morgan fingerprint density at radius 3 is 2.31 bits per heavy atom. The molecule has 0 atom stereocenters. The molecule has 10 heteroatoms. The Hall–Kier alpha value is -3.82. The number of carbonyl (C=O) groups excluding carboxylic acids is 1. The van der Waals surface area contributed by atoms with E-state index in [1.165, 1.54) is 47.2 Å². The van der Waals surface area contributed by atoms with Crippen LogP contribution in [0.15, 0.2) is 65.6 Å². The van der Waals surface area contributed by atoms with Gasteiger partial charge in [0.05, 0.1) is 12.3 Å². The first-order chi connectivity index (χ1) is 15.2. The second kappa shape index (κ2) is 9.54. The lowest BCUT2D eigenvalue weighted by Crippen LogP contribution is -2.21. The highest BCUT2D eigenvalue weighted by molar-refractivity contribution is 5.91. The molecule has 6 nitrogen and oxygen atoms in total. The molecule has 1 heterocycles. The molecule has 0 unspecified atom stereocenters. The van der Waals surface area contributed by atoms with Gasteiger partial charge in [-0.15, -0.1) is 13.2 Å². The number of aromatic nitrogens is 1. The summed E-state index contributed by atoms with van der Waals surface area (Å²) in [5, 5.41) is 2.50. The Balaban J connectivity index is 2.03. The van der Waals surface area contributed by atoms with Gasteiger partial charge in [0.2, 0.25) is 0 Å². The fraction of sp³-hybridized carbons (Fsp3) is 0.182. The number of hydrogen-bond acceptors (Lipinski definition) is 4. The minimum Gasteiger partial charge on any atom is -0.449 e. The lowest BCUT2D eigenvalue weighted by atomic mass is 10.1. The van der Waals surface area contributed by atoms with Crippen molar-refractivity contribution >= 4 is 11.8 Å². The van der Waals surface area contributed by atoms with E-state index in [4.69, 9.17) is 4.74 Å². The molecule has 1 aromatic heterocycles. The molecule has 3 aromatic rings. The van der Waals surface area contributed by atoms with Crippen LogP contribution in [0.3, 0.4) is 0 Å². The molecule has 168 valence electrons. The number of carbonyl (C=O) groups is 1. The zero-order valence-electron chi connectivity index (χ0n) is 16.8. The molecule has 0 radical (unpaired) electrons. The molecule has 0 saturated heterocycles. The predicted molar refractivity (Wildman–Crippen MR) is 109 cm³/mol. The van der Waals surface area contributed by atoms with E-state index in [1.807, 2.05) is 6.92 Å². The fourth-order valence-electron chi connectivity index (χ4n) is 2.85. The van der Waals surface area contributed by atoms with Gasteiger partial charge in [0.1, 0.15) is 11.6 Å². The highest BCUT2D eigenvalue weighted by Gasteiger charge is 2.31. The standard InChI is InChI=1S/C22H18F4N2O4/c1-2-11-31-21(30)27-19-12-20(29)28(13-18(19)14-3-5-15(23)6-4-14)16-7-9-17(10-8-16)32-22(24,25)26/h3-10,12-13H,2,11H2,1H3,(H,27,30). The molecular weight excluding hydrogens is 432 g/mol. The third-order valence-corrected chi connectivity index (χ3v) is 4.23. The van der Waals surface area contributed by atoms with Crippen LogP contribution in [0.1, 0.15) is 13.3 Å². The van der Waals surface area contributed by atoms with Gasteiger partial charge in [-0.05, 0) is 48.4 Å². The van der Waals surface area contributed by atoms with Crippen molar-refractivity contribution in [2.45, 2.75) is 19.7 Å². The molecule has 0 saturated carbocycles. The molecule has 1 N–H and O–H groups in total. The first kappa shape index (κ1) is 22.9. The van der Waals surface area contributed by atoms with Crippen molar-refractivity contribution in [2.24, 2.45) is 0 Å². The van der Waals surface area contributed by atoms with Gasteiger partial charge in [-0.1, -0.05) is 19.1 Å². The number of rotatable bonds is 6. The van der Waals surface area contributed by atoms with Crippen LogP contribution >= 0.6 is 0 Å². The second-order valence-electron chi connectivity index (χ2n) is 6.62. The molecule has 0 aliphatic heterocycles. The minimum absolute atomic E-state index is 0.135. The van der Waals surface area contributed by atoms with Gasteiger partial charge in [0.25, 0.3) is 5.56 Å². The molecule has 0 fully saturated rings. The van der Waals surface area contributed by atoms with Gasteiger partial charge in [0, 0.05) is 23.5 Å². The van der Waals surface area contributed by atoms with Crippen molar-refractivity contribution in [1.29, 1.82) is 0 Å². The Labute approximate surface area is 180 Å². The first-order valence-corrected chi connectivity index (χ1v) is 9.49. The van der Waals surface area contributed by atoms with E-state index in [0.717, 1.165) is 18.2 Å². The van der Waals surface area contributed by atoms with Gasteiger partial charge in [-0.3, -0.25) is 14.7 Å². The smallest absolute Gasteiger partial charge is 0.449 e. The number of anilines is 1. The van der Waals surface area contributed by atoms with Gasteiger partial charge >= 0.3 is 12.5 Å². The molecule has 2 aromatic carbocycles. The molecule has 1 amide bonds. The summed E-state index contributed by atoms with van der Waals surface area (Å²) >= 11 is 0. The van der Waals surface area contributed by atoms with Crippen molar-refractivity contribution < 1.29 is 31.8 Å². The number of amides is 1. The lowest BCUT2D eigenvalue weighted by molar-refractivity contribution is -0.274. The number of benzene rings is 2. The van der Waals surface area contributed by atoms with Crippen molar-refractivity contribution in [1.82, 2.24) is 4.57 Å². The summed E-state index contributed by atoms with van der Waals surface area (Å²) < 4.78 is 60.5. The zero-order chi connectivity index (χ0) is 23.3. The van der Waals surface area contributed by atoms with Crippen LogP contribution in [-0.2, 0) is 4.74 Å². The molecule has 3 rings (SSSR count). The van der Waals surface area contributed by atoms with Crippen LogP contribution < -0.4 is 15.6 Å². The van der Waals surface area contributed by atoms with Crippen LogP contribution in [0.2, 0.25) is 0 Å². The maximum atomic E-state index is 13.4. The quantitative estimate of drug-likeness (QED) is 0.504. The average molecular weight is 450 g/mol. The van der Waals surface area contributed by atoms with Crippen molar-refractivity contribution in [2.75, 3.05) is 11.9 Å². The molecule has 0 spiro atoms. The Morgan fingerprint density at radius 2 is 1.72 bits per heavy atom. The van der Waals surface area contributed by atoms with E-state index in [9.17, 15) is 27.2 Å². The summed E-state index contributed by atoms with van der Waals surface area (Å²) in [6.07, 6.45) is -3.60. The number of nitrogens with zero attached hydrogens (tertiary/aromatic N) is 1.